The Morgan fingerprint density at radius 3 is 2.80 bits per heavy atom. The molecule has 0 aliphatic rings. The van der Waals surface area contributed by atoms with Gasteiger partial charge in [-0.2, -0.15) is 0 Å². The van der Waals surface area contributed by atoms with Gasteiger partial charge in [0.2, 0.25) is 5.76 Å². The molecule has 0 amide bonds. The second-order valence-corrected chi connectivity index (χ2v) is 2.98. The van der Waals surface area contributed by atoms with Crippen molar-refractivity contribution < 1.29 is 18.5 Å². The molecule has 5 nitrogen and oxygen atoms in total. The van der Waals surface area contributed by atoms with Crippen molar-refractivity contribution in [3.05, 3.63) is 29.7 Å². The second kappa shape index (κ2) is 3.61. The Kier molecular flexibility index (Phi) is 2.29. The average molecular weight is 207 g/mol. The van der Waals surface area contributed by atoms with E-state index in [1.165, 1.54) is 13.2 Å². The number of ether oxygens (including phenoxy) is 1. The summed E-state index contributed by atoms with van der Waals surface area (Å²) in [6, 6.07) is 5.02. The number of carbonyl (C=O) groups excluding carboxylic acids is 1. The van der Waals surface area contributed by atoms with Gasteiger partial charge in [0.1, 0.15) is 5.76 Å². The number of hydrogen-bond donors (Lipinski definition) is 0. The van der Waals surface area contributed by atoms with Crippen LogP contribution in [0.3, 0.4) is 0 Å². The van der Waals surface area contributed by atoms with Crippen LogP contribution in [0.4, 0.5) is 0 Å². The largest absolute Gasteiger partial charge is 0.464 e. The third-order valence-electron chi connectivity index (χ3n) is 1.89. The molecule has 2 aromatic rings. The number of rotatable bonds is 2. The van der Waals surface area contributed by atoms with Gasteiger partial charge >= 0.3 is 5.97 Å². The Morgan fingerprint density at radius 1 is 1.40 bits per heavy atom. The van der Waals surface area contributed by atoms with E-state index in [1.807, 2.05) is 6.92 Å². The number of aryl methyl sites for hydroxylation is 1. The quantitative estimate of drug-likeness (QED) is 0.705. The van der Waals surface area contributed by atoms with Gasteiger partial charge in [0.25, 0.3) is 0 Å². The number of hydrogen-bond acceptors (Lipinski definition) is 5. The molecule has 5 heteroatoms. The van der Waals surface area contributed by atoms with E-state index < -0.39 is 5.97 Å². The molecule has 2 rings (SSSR count). The van der Waals surface area contributed by atoms with Crippen LogP contribution in [0.1, 0.15) is 16.2 Å². The van der Waals surface area contributed by atoms with Crippen molar-refractivity contribution in [2.24, 2.45) is 0 Å². The van der Waals surface area contributed by atoms with Gasteiger partial charge in [-0.1, -0.05) is 5.16 Å². The summed E-state index contributed by atoms with van der Waals surface area (Å²) in [4.78, 5) is 11.1. The van der Waals surface area contributed by atoms with E-state index in [1.54, 1.807) is 12.1 Å². The van der Waals surface area contributed by atoms with Crippen molar-refractivity contribution in [2.75, 3.05) is 7.11 Å². The maximum atomic E-state index is 11.1. The highest BCUT2D eigenvalue weighted by Crippen LogP contribution is 2.22. The molecule has 0 N–H and O–H groups in total. The van der Waals surface area contributed by atoms with Gasteiger partial charge in [-0.3, -0.25) is 0 Å². The highest BCUT2D eigenvalue weighted by atomic mass is 16.5. The predicted octanol–water partition coefficient (Wildman–Crippen LogP) is 2.03. The zero-order valence-corrected chi connectivity index (χ0v) is 8.31. The molecule has 2 heterocycles. The molecule has 0 aromatic carbocycles. The Bertz CT molecular complexity index is 483. The molecule has 0 radical (unpaired) electrons. The summed E-state index contributed by atoms with van der Waals surface area (Å²) in [5.74, 6) is 1.17. The van der Waals surface area contributed by atoms with Crippen LogP contribution < -0.4 is 0 Å². The summed E-state index contributed by atoms with van der Waals surface area (Å²) in [5.41, 5.74) is 0.126. The lowest BCUT2D eigenvalue weighted by molar-refractivity contribution is 0.0589. The molecule has 2 aromatic heterocycles. The van der Waals surface area contributed by atoms with Crippen molar-refractivity contribution in [3.8, 4) is 11.5 Å². The maximum Gasteiger partial charge on any atom is 0.360 e. The fourth-order valence-electron chi connectivity index (χ4n) is 1.16. The van der Waals surface area contributed by atoms with E-state index in [2.05, 4.69) is 9.89 Å². The van der Waals surface area contributed by atoms with Gasteiger partial charge in [-0.15, -0.1) is 0 Å². The van der Waals surface area contributed by atoms with Crippen LogP contribution in [0.2, 0.25) is 0 Å². The van der Waals surface area contributed by atoms with Crippen LogP contribution in [0.25, 0.3) is 11.5 Å². The number of methoxy groups -OCH3 is 1. The number of nitrogens with zero attached hydrogens (tertiary/aromatic N) is 1. The van der Waals surface area contributed by atoms with E-state index in [9.17, 15) is 4.79 Å². The van der Waals surface area contributed by atoms with Crippen molar-refractivity contribution in [3.63, 3.8) is 0 Å². The fraction of sp³-hybridized carbons (Fsp3) is 0.200. The highest BCUT2D eigenvalue weighted by Gasteiger charge is 2.15. The number of esters is 1. The van der Waals surface area contributed by atoms with Gasteiger partial charge in [-0.05, 0) is 19.1 Å². The Morgan fingerprint density at radius 2 is 2.20 bits per heavy atom. The number of carbonyl (C=O) groups is 1. The Balaban J connectivity index is 2.31. The minimum Gasteiger partial charge on any atom is -0.464 e. The van der Waals surface area contributed by atoms with Crippen molar-refractivity contribution in [1.29, 1.82) is 0 Å². The van der Waals surface area contributed by atoms with E-state index >= 15 is 0 Å². The van der Waals surface area contributed by atoms with Gasteiger partial charge in [0.15, 0.2) is 11.5 Å². The molecular formula is C10H9NO4. The lowest BCUT2D eigenvalue weighted by Crippen LogP contribution is -2.00. The van der Waals surface area contributed by atoms with Crippen LogP contribution in [0, 0.1) is 6.92 Å². The van der Waals surface area contributed by atoms with Crippen LogP contribution >= 0.6 is 0 Å². The molecule has 0 spiro atoms. The van der Waals surface area contributed by atoms with Gasteiger partial charge in [0.05, 0.1) is 7.11 Å². The highest BCUT2D eigenvalue weighted by molar-refractivity contribution is 5.87. The summed E-state index contributed by atoms with van der Waals surface area (Å²) in [6.45, 7) is 1.82. The molecule has 0 saturated carbocycles. The van der Waals surface area contributed by atoms with E-state index in [4.69, 9.17) is 8.94 Å². The first kappa shape index (κ1) is 9.51. The molecule has 78 valence electrons. The smallest absolute Gasteiger partial charge is 0.360 e. The lowest BCUT2D eigenvalue weighted by Gasteiger charge is -1.88. The van der Waals surface area contributed by atoms with Crippen molar-refractivity contribution in [2.45, 2.75) is 6.92 Å². The Labute approximate surface area is 85.6 Å². The Hall–Kier alpha value is -2.04. The van der Waals surface area contributed by atoms with Crippen LogP contribution in [-0.2, 0) is 4.74 Å². The molecule has 0 atom stereocenters. The minimum atomic E-state index is -0.534. The molecule has 0 bridgehead atoms. The molecule has 0 aliphatic heterocycles. The van der Waals surface area contributed by atoms with Crippen molar-refractivity contribution >= 4 is 5.97 Å². The van der Waals surface area contributed by atoms with E-state index in [0.29, 0.717) is 11.5 Å². The maximum absolute atomic E-state index is 11.1. The van der Waals surface area contributed by atoms with Gasteiger partial charge < -0.3 is 13.7 Å². The van der Waals surface area contributed by atoms with Gasteiger partial charge in [-0.25, -0.2) is 4.79 Å². The summed E-state index contributed by atoms with van der Waals surface area (Å²) >= 11 is 0. The standard InChI is InChI=1S/C10H9NO4/c1-6-3-4-8(14-6)9-5-7(11-15-9)10(12)13-2/h3-5H,1-2H3. The number of furan rings is 1. The molecule has 0 fully saturated rings. The SMILES string of the molecule is COC(=O)c1cc(-c2ccc(C)o2)on1. The zero-order chi connectivity index (χ0) is 10.8. The van der Waals surface area contributed by atoms with Crippen molar-refractivity contribution in [1.82, 2.24) is 5.16 Å². The summed E-state index contributed by atoms with van der Waals surface area (Å²) in [6.07, 6.45) is 0. The first-order valence-corrected chi connectivity index (χ1v) is 4.32. The fourth-order valence-corrected chi connectivity index (χ4v) is 1.16. The predicted molar refractivity (Wildman–Crippen MR) is 50.3 cm³/mol. The third kappa shape index (κ3) is 1.76. The van der Waals surface area contributed by atoms with Crippen LogP contribution in [0.15, 0.2) is 27.1 Å². The molecule has 0 saturated heterocycles. The normalized spacial score (nSPS) is 10.3. The first-order chi connectivity index (χ1) is 7.20. The van der Waals surface area contributed by atoms with Gasteiger partial charge in [0, 0.05) is 6.07 Å². The summed E-state index contributed by atoms with van der Waals surface area (Å²) in [7, 11) is 1.29. The second-order valence-electron chi connectivity index (χ2n) is 2.98. The summed E-state index contributed by atoms with van der Waals surface area (Å²) in [5, 5.41) is 3.56. The molecule has 0 aliphatic carbocycles. The van der Waals surface area contributed by atoms with Crippen LogP contribution in [-0.4, -0.2) is 18.2 Å². The molecule has 15 heavy (non-hydrogen) atoms. The number of aromatic nitrogens is 1. The lowest BCUT2D eigenvalue weighted by atomic mass is 10.3. The molecule has 0 unspecified atom stereocenters. The molecular weight excluding hydrogens is 198 g/mol. The first-order valence-electron chi connectivity index (χ1n) is 4.32. The monoisotopic (exact) mass is 207 g/mol. The topological polar surface area (TPSA) is 65.5 Å². The average Bonchev–Trinajstić information content (AvgIpc) is 2.84. The zero-order valence-electron chi connectivity index (χ0n) is 8.31. The summed E-state index contributed by atoms with van der Waals surface area (Å²) < 4.78 is 14.8. The van der Waals surface area contributed by atoms with Crippen LogP contribution in [0.5, 0.6) is 0 Å². The minimum absolute atomic E-state index is 0.126. The van der Waals surface area contributed by atoms with E-state index in [0.717, 1.165) is 5.76 Å². The van der Waals surface area contributed by atoms with E-state index in [-0.39, 0.29) is 5.69 Å². The third-order valence-corrected chi connectivity index (χ3v) is 1.89.